The molecule has 0 aliphatic carbocycles. The van der Waals surface area contributed by atoms with Gasteiger partial charge in [0.1, 0.15) is 5.82 Å². The zero-order valence-corrected chi connectivity index (χ0v) is 11.9. The molecule has 0 amide bonds. The van der Waals surface area contributed by atoms with Crippen LogP contribution in [0.3, 0.4) is 0 Å². The van der Waals surface area contributed by atoms with Gasteiger partial charge in [0.25, 0.3) is 0 Å². The lowest BCUT2D eigenvalue weighted by Gasteiger charge is -2.20. The smallest absolute Gasteiger partial charge is 0.215 e. The van der Waals surface area contributed by atoms with Crippen LogP contribution in [0.1, 0.15) is 27.2 Å². The molecule has 0 spiro atoms. The first-order valence-electron chi connectivity index (χ1n) is 6.67. The third kappa shape index (κ3) is 5.36. The van der Waals surface area contributed by atoms with Crippen LogP contribution in [-0.2, 0) is 0 Å². The Morgan fingerprint density at radius 1 is 1.39 bits per heavy atom. The van der Waals surface area contributed by atoms with E-state index in [0.29, 0.717) is 18.5 Å². The minimum absolute atomic E-state index is 0.601. The molecule has 18 heavy (non-hydrogen) atoms. The summed E-state index contributed by atoms with van der Waals surface area (Å²) >= 11 is 0. The van der Waals surface area contributed by atoms with Crippen molar-refractivity contribution < 1.29 is 4.74 Å². The highest BCUT2D eigenvalue weighted by molar-refractivity contribution is 5.36. The van der Waals surface area contributed by atoms with Gasteiger partial charge in [-0.2, -0.15) is 4.98 Å². The lowest BCUT2D eigenvalue weighted by molar-refractivity contribution is 0.273. The summed E-state index contributed by atoms with van der Waals surface area (Å²) in [5.74, 6) is 1.56. The van der Waals surface area contributed by atoms with Crippen molar-refractivity contribution in [2.75, 3.05) is 32.1 Å². The fourth-order valence-corrected chi connectivity index (χ4v) is 1.54. The summed E-state index contributed by atoms with van der Waals surface area (Å²) in [5.41, 5.74) is 0. The summed E-state index contributed by atoms with van der Waals surface area (Å²) in [6, 6.07) is 6.40. The van der Waals surface area contributed by atoms with Crippen LogP contribution in [0.25, 0.3) is 0 Å². The van der Waals surface area contributed by atoms with Crippen molar-refractivity contribution in [2.24, 2.45) is 0 Å². The van der Waals surface area contributed by atoms with E-state index < -0.39 is 0 Å². The molecule has 0 unspecified atom stereocenters. The molecular formula is C14H25N3O. The van der Waals surface area contributed by atoms with Crippen molar-refractivity contribution in [3.05, 3.63) is 18.2 Å². The van der Waals surface area contributed by atoms with Gasteiger partial charge < -0.3 is 15.0 Å². The number of ether oxygens (including phenoxy) is 1. The average molecular weight is 251 g/mol. The quantitative estimate of drug-likeness (QED) is 0.721. The highest BCUT2D eigenvalue weighted by Crippen LogP contribution is 2.11. The summed E-state index contributed by atoms with van der Waals surface area (Å²) in [6.07, 6.45) is 1.11. The van der Waals surface area contributed by atoms with Crippen LogP contribution in [-0.4, -0.2) is 42.7 Å². The molecule has 1 rings (SSSR count). The fourth-order valence-electron chi connectivity index (χ4n) is 1.54. The zero-order chi connectivity index (χ0) is 13.4. The van der Waals surface area contributed by atoms with Gasteiger partial charge >= 0.3 is 0 Å². The summed E-state index contributed by atoms with van der Waals surface area (Å²) in [6.45, 7) is 9.05. The molecule has 0 saturated heterocycles. The van der Waals surface area contributed by atoms with Crippen LogP contribution in [0, 0.1) is 0 Å². The molecule has 102 valence electrons. The zero-order valence-electron chi connectivity index (χ0n) is 11.9. The van der Waals surface area contributed by atoms with Gasteiger partial charge in [-0.15, -0.1) is 0 Å². The maximum absolute atomic E-state index is 5.36. The van der Waals surface area contributed by atoms with E-state index in [0.717, 1.165) is 25.3 Å². The van der Waals surface area contributed by atoms with E-state index in [4.69, 9.17) is 4.74 Å². The van der Waals surface area contributed by atoms with Gasteiger partial charge in [-0.05, 0) is 46.9 Å². The molecule has 0 radical (unpaired) electrons. The Morgan fingerprint density at radius 2 is 2.17 bits per heavy atom. The summed E-state index contributed by atoms with van der Waals surface area (Å²) in [7, 11) is 2.15. The summed E-state index contributed by atoms with van der Waals surface area (Å²) < 4.78 is 5.36. The normalized spacial score (nSPS) is 11.0. The Balaban J connectivity index is 2.28. The molecule has 0 bridgehead atoms. The highest BCUT2D eigenvalue weighted by atomic mass is 16.5. The second-order valence-corrected chi connectivity index (χ2v) is 4.65. The Bertz CT molecular complexity index is 342. The molecule has 1 aromatic heterocycles. The molecule has 0 aromatic carbocycles. The predicted octanol–water partition coefficient (Wildman–Crippen LogP) is 2.62. The number of hydrogen-bond acceptors (Lipinski definition) is 4. The number of rotatable bonds is 8. The predicted molar refractivity (Wildman–Crippen MR) is 76.3 cm³/mol. The van der Waals surface area contributed by atoms with Crippen LogP contribution in [0.4, 0.5) is 5.82 Å². The van der Waals surface area contributed by atoms with Crippen molar-refractivity contribution in [1.29, 1.82) is 0 Å². The number of hydrogen-bond donors (Lipinski definition) is 1. The number of pyridine rings is 1. The van der Waals surface area contributed by atoms with Gasteiger partial charge in [-0.3, -0.25) is 0 Å². The molecule has 0 aliphatic rings. The highest BCUT2D eigenvalue weighted by Gasteiger charge is 2.02. The van der Waals surface area contributed by atoms with Crippen molar-refractivity contribution >= 4 is 5.82 Å². The van der Waals surface area contributed by atoms with Gasteiger partial charge in [-0.1, -0.05) is 6.07 Å². The van der Waals surface area contributed by atoms with Gasteiger partial charge in [-0.25, -0.2) is 0 Å². The monoisotopic (exact) mass is 251 g/mol. The first-order valence-corrected chi connectivity index (χ1v) is 6.67. The molecule has 0 aliphatic heterocycles. The number of nitrogens with one attached hydrogen (secondary N) is 1. The molecule has 0 saturated carbocycles. The largest absolute Gasteiger partial charge is 0.478 e. The SMILES string of the molecule is CCOc1cccc(NCCCN(C)C(C)C)n1. The first-order chi connectivity index (χ1) is 8.63. The molecular weight excluding hydrogens is 226 g/mol. The van der Waals surface area contributed by atoms with E-state index in [1.807, 2.05) is 25.1 Å². The van der Waals surface area contributed by atoms with E-state index in [1.165, 1.54) is 0 Å². The Kier molecular flexibility index (Phi) is 6.50. The molecule has 1 N–H and O–H groups in total. The third-order valence-corrected chi connectivity index (χ3v) is 2.89. The van der Waals surface area contributed by atoms with Gasteiger partial charge in [0.15, 0.2) is 0 Å². The Morgan fingerprint density at radius 3 is 2.83 bits per heavy atom. The molecule has 4 nitrogen and oxygen atoms in total. The van der Waals surface area contributed by atoms with E-state index in [2.05, 4.69) is 36.1 Å². The van der Waals surface area contributed by atoms with Crippen LogP contribution >= 0.6 is 0 Å². The Labute approximate surface area is 110 Å². The summed E-state index contributed by atoms with van der Waals surface area (Å²) in [5, 5.41) is 3.32. The van der Waals surface area contributed by atoms with Crippen molar-refractivity contribution in [1.82, 2.24) is 9.88 Å². The maximum Gasteiger partial charge on any atom is 0.215 e. The molecule has 0 atom stereocenters. The second-order valence-electron chi connectivity index (χ2n) is 4.65. The molecule has 1 heterocycles. The van der Waals surface area contributed by atoms with Crippen LogP contribution in [0.15, 0.2) is 18.2 Å². The molecule has 1 aromatic rings. The van der Waals surface area contributed by atoms with Crippen LogP contribution in [0.5, 0.6) is 5.88 Å². The van der Waals surface area contributed by atoms with E-state index in [9.17, 15) is 0 Å². The standard InChI is InChI=1S/C14H25N3O/c1-5-18-14-9-6-8-13(16-14)15-10-7-11-17(4)12(2)3/h6,8-9,12H,5,7,10-11H2,1-4H3,(H,15,16). The van der Waals surface area contributed by atoms with Crippen LogP contribution < -0.4 is 10.1 Å². The fraction of sp³-hybridized carbons (Fsp3) is 0.643. The molecule has 0 fully saturated rings. The van der Waals surface area contributed by atoms with Crippen molar-refractivity contribution in [3.8, 4) is 5.88 Å². The maximum atomic E-state index is 5.36. The Hall–Kier alpha value is -1.29. The second kappa shape index (κ2) is 7.93. The molecule has 4 heteroatoms. The van der Waals surface area contributed by atoms with Gasteiger partial charge in [0.2, 0.25) is 5.88 Å². The van der Waals surface area contributed by atoms with Gasteiger partial charge in [0, 0.05) is 18.7 Å². The average Bonchev–Trinajstić information content (AvgIpc) is 2.35. The first kappa shape index (κ1) is 14.8. The van der Waals surface area contributed by atoms with Gasteiger partial charge in [0.05, 0.1) is 6.61 Å². The third-order valence-electron chi connectivity index (χ3n) is 2.89. The summed E-state index contributed by atoms with van der Waals surface area (Å²) in [4.78, 5) is 6.71. The minimum atomic E-state index is 0.601. The number of aromatic nitrogens is 1. The van der Waals surface area contributed by atoms with E-state index in [-0.39, 0.29) is 0 Å². The number of nitrogens with zero attached hydrogens (tertiary/aromatic N) is 2. The van der Waals surface area contributed by atoms with Crippen LogP contribution in [0.2, 0.25) is 0 Å². The minimum Gasteiger partial charge on any atom is -0.478 e. The van der Waals surface area contributed by atoms with Crippen molar-refractivity contribution in [2.45, 2.75) is 33.2 Å². The lowest BCUT2D eigenvalue weighted by atomic mass is 10.3. The topological polar surface area (TPSA) is 37.4 Å². The number of anilines is 1. The van der Waals surface area contributed by atoms with E-state index in [1.54, 1.807) is 0 Å². The van der Waals surface area contributed by atoms with Crippen molar-refractivity contribution in [3.63, 3.8) is 0 Å². The lowest BCUT2D eigenvalue weighted by Crippen LogP contribution is -2.28. The van der Waals surface area contributed by atoms with E-state index >= 15 is 0 Å².